The maximum Gasteiger partial charge on any atom is 0.311 e. The molecule has 0 bridgehead atoms. The van der Waals surface area contributed by atoms with Crippen LogP contribution >= 0.6 is 0 Å². The molecular formula is C18H20O4. The molecule has 0 radical (unpaired) electrons. The average Bonchev–Trinajstić information content (AvgIpc) is 2.47. The Bertz CT molecular complexity index is 647. The van der Waals surface area contributed by atoms with Gasteiger partial charge >= 0.3 is 5.97 Å². The lowest BCUT2D eigenvalue weighted by Gasteiger charge is -2.16. The molecule has 0 aliphatic rings. The Balaban J connectivity index is 2.28. The van der Waals surface area contributed by atoms with E-state index < -0.39 is 11.9 Å². The Morgan fingerprint density at radius 2 is 1.86 bits per heavy atom. The van der Waals surface area contributed by atoms with E-state index in [-0.39, 0.29) is 5.75 Å². The summed E-state index contributed by atoms with van der Waals surface area (Å²) in [4.78, 5) is 11.7. The molecule has 4 nitrogen and oxygen atoms in total. The fraction of sp³-hybridized carbons (Fsp3) is 0.278. The smallest absolute Gasteiger partial charge is 0.311 e. The molecule has 116 valence electrons. The first kappa shape index (κ1) is 15.9. The van der Waals surface area contributed by atoms with E-state index in [1.165, 1.54) is 0 Å². The van der Waals surface area contributed by atoms with Gasteiger partial charge < -0.3 is 14.9 Å². The number of hydrogen-bond donors (Lipinski definition) is 2. The fourth-order valence-corrected chi connectivity index (χ4v) is 2.49. The highest BCUT2D eigenvalue weighted by molar-refractivity contribution is 5.77. The van der Waals surface area contributed by atoms with Crippen LogP contribution in [0.15, 0.2) is 42.5 Å². The number of aryl methyl sites for hydroxylation is 1. The second kappa shape index (κ2) is 6.98. The molecule has 0 aliphatic carbocycles. The third-order valence-corrected chi connectivity index (χ3v) is 3.60. The van der Waals surface area contributed by atoms with Crippen molar-refractivity contribution >= 4 is 5.97 Å². The molecule has 22 heavy (non-hydrogen) atoms. The van der Waals surface area contributed by atoms with Crippen molar-refractivity contribution in [1.82, 2.24) is 0 Å². The van der Waals surface area contributed by atoms with E-state index in [1.54, 1.807) is 30.3 Å². The van der Waals surface area contributed by atoms with Gasteiger partial charge in [0.05, 0.1) is 12.5 Å². The van der Waals surface area contributed by atoms with E-state index in [0.29, 0.717) is 13.0 Å². The van der Waals surface area contributed by atoms with Gasteiger partial charge in [-0.05, 0) is 61.2 Å². The van der Waals surface area contributed by atoms with Gasteiger partial charge in [0, 0.05) is 0 Å². The minimum atomic E-state index is -0.861. The minimum Gasteiger partial charge on any atom is -0.508 e. The summed E-state index contributed by atoms with van der Waals surface area (Å²) in [6.45, 7) is 4.38. The minimum absolute atomic E-state index is 0.174. The predicted octanol–water partition coefficient (Wildman–Crippen LogP) is 3.51. The van der Waals surface area contributed by atoms with Crippen molar-refractivity contribution in [3.63, 3.8) is 0 Å². The summed E-state index contributed by atoms with van der Waals surface area (Å²) in [6, 6.07) is 12.1. The van der Waals surface area contributed by atoms with Crippen LogP contribution in [0.25, 0.3) is 0 Å². The first-order chi connectivity index (χ1) is 10.5. The molecule has 2 aromatic rings. The zero-order valence-corrected chi connectivity index (χ0v) is 12.7. The Kier molecular flexibility index (Phi) is 5.04. The molecule has 0 heterocycles. The number of ether oxygens (including phenoxy) is 1. The average molecular weight is 300 g/mol. The highest BCUT2D eigenvalue weighted by atomic mass is 16.5. The first-order valence-electron chi connectivity index (χ1n) is 7.25. The zero-order chi connectivity index (χ0) is 16.1. The van der Waals surface area contributed by atoms with Crippen LogP contribution in [0.5, 0.6) is 11.5 Å². The molecule has 2 aromatic carbocycles. The molecule has 0 spiro atoms. The Morgan fingerprint density at radius 1 is 1.18 bits per heavy atom. The van der Waals surface area contributed by atoms with Crippen LogP contribution in [0.3, 0.4) is 0 Å². The molecular weight excluding hydrogens is 280 g/mol. The quantitative estimate of drug-likeness (QED) is 0.856. The van der Waals surface area contributed by atoms with Gasteiger partial charge in [-0.25, -0.2) is 0 Å². The van der Waals surface area contributed by atoms with Crippen molar-refractivity contribution in [1.29, 1.82) is 0 Å². The van der Waals surface area contributed by atoms with E-state index in [1.807, 2.05) is 26.0 Å². The lowest BCUT2D eigenvalue weighted by atomic mass is 9.89. The van der Waals surface area contributed by atoms with E-state index in [0.717, 1.165) is 22.4 Å². The van der Waals surface area contributed by atoms with Crippen molar-refractivity contribution in [2.75, 3.05) is 6.61 Å². The highest BCUT2D eigenvalue weighted by Crippen LogP contribution is 2.28. The second-order valence-electron chi connectivity index (χ2n) is 5.21. The van der Waals surface area contributed by atoms with Crippen LogP contribution in [0, 0.1) is 6.92 Å². The van der Waals surface area contributed by atoms with Crippen molar-refractivity contribution in [3.8, 4) is 11.5 Å². The summed E-state index contributed by atoms with van der Waals surface area (Å²) in [5.74, 6) is -0.564. The van der Waals surface area contributed by atoms with E-state index in [2.05, 4.69) is 0 Å². The molecule has 0 saturated carbocycles. The number of phenolic OH excluding ortho intramolecular Hbond substituents is 1. The molecule has 1 unspecified atom stereocenters. The summed E-state index contributed by atoms with van der Waals surface area (Å²) < 4.78 is 5.44. The predicted molar refractivity (Wildman–Crippen MR) is 84.5 cm³/mol. The molecule has 0 aliphatic heterocycles. The van der Waals surface area contributed by atoms with Crippen LogP contribution in [-0.4, -0.2) is 22.8 Å². The van der Waals surface area contributed by atoms with Gasteiger partial charge in [-0.3, -0.25) is 4.79 Å². The molecule has 0 saturated heterocycles. The number of carboxylic acid groups (broad SMARTS) is 1. The largest absolute Gasteiger partial charge is 0.508 e. The molecule has 4 heteroatoms. The number of phenols is 1. The summed E-state index contributed by atoms with van der Waals surface area (Å²) in [7, 11) is 0. The number of carbonyl (C=O) groups is 1. The maximum atomic E-state index is 11.7. The molecule has 0 fully saturated rings. The van der Waals surface area contributed by atoms with Gasteiger partial charge in [-0.15, -0.1) is 0 Å². The summed E-state index contributed by atoms with van der Waals surface area (Å²) in [6.07, 6.45) is 0.379. The highest BCUT2D eigenvalue weighted by Gasteiger charge is 2.22. The Labute approximate surface area is 130 Å². The van der Waals surface area contributed by atoms with Gasteiger partial charge in [-0.2, -0.15) is 0 Å². The summed E-state index contributed by atoms with van der Waals surface area (Å²) >= 11 is 0. The third-order valence-electron chi connectivity index (χ3n) is 3.60. The fourth-order valence-electron chi connectivity index (χ4n) is 2.49. The van der Waals surface area contributed by atoms with Crippen LogP contribution in [0.4, 0.5) is 0 Å². The number of aliphatic carboxylic acids is 1. The summed E-state index contributed by atoms with van der Waals surface area (Å²) in [5.41, 5.74) is 2.56. The van der Waals surface area contributed by atoms with Gasteiger partial charge in [-0.1, -0.05) is 18.2 Å². The van der Waals surface area contributed by atoms with Gasteiger partial charge in [0.15, 0.2) is 0 Å². The Hall–Kier alpha value is -2.49. The van der Waals surface area contributed by atoms with Gasteiger partial charge in [0.2, 0.25) is 0 Å². The third kappa shape index (κ3) is 3.79. The van der Waals surface area contributed by atoms with E-state index in [9.17, 15) is 15.0 Å². The molecule has 0 amide bonds. The monoisotopic (exact) mass is 300 g/mol. The topological polar surface area (TPSA) is 66.8 Å². The van der Waals surface area contributed by atoms with Crippen LogP contribution in [0.2, 0.25) is 0 Å². The number of rotatable bonds is 6. The van der Waals surface area contributed by atoms with E-state index in [4.69, 9.17) is 4.74 Å². The first-order valence-corrected chi connectivity index (χ1v) is 7.25. The van der Waals surface area contributed by atoms with Gasteiger partial charge in [0.1, 0.15) is 11.5 Å². The number of aromatic hydroxyl groups is 1. The molecule has 1 atom stereocenters. The zero-order valence-electron chi connectivity index (χ0n) is 12.7. The molecule has 2 N–H and O–H groups in total. The normalized spacial score (nSPS) is 11.9. The molecule has 2 rings (SSSR count). The number of benzene rings is 2. The standard InChI is InChI=1S/C18H20O4/c1-3-22-15-8-9-16(12(2)10-15)17(18(20)21)11-13-4-6-14(19)7-5-13/h4-10,17,19H,3,11H2,1-2H3,(H,20,21). The van der Waals surface area contributed by atoms with Crippen molar-refractivity contribution in [2.24, 2.45) is 0 Å². The lowest BCUT2D eigenvalue weighted by Crippen LogP contribution is -2.15. The second-order valence-corrected chi connectivity index (χ2v) is 5.21. The van der Waals surface area contributed by atoms with Gasteiger partial charge in [0.25, 0.3) is 0 Å². The van der Waals surface area contributed by atoms with Crippen molar-refractivity contribution in [2.45, 2.75) is 26.2 Å². The van der Waals surface area contributed by atoms with Crippen LogP contribution in [-0.2, 0) is 11.2 Å². The molecule has 0 aromatic heterocycles. The number of carboxylic acids is 1. The summed E-state index contributed by atoms with van der Waals surface area (Å²) in [5, 5.41) is 18.9. The van der Waals surface area contributed by atoms with Crippen LogP contribution < -0.4 is 4.74 Å². The lowest BCUT2D eigenvalue weighted by molar-refractivity contribution is -0.138. The van der Waals surface area contributed by atoms with Crippen molar-refractivity contribution < 1.29 is 19.7 Å². The van der Waals surface area contributed by atoms with Crippen LogP contribution in [0.1, 0.15) is 29.5 Å². The van der Waals surface area contributed by atoms with E-state index >= 15 is 0 Å². The van der Waals surface area contributed by atoms with Crippen molar-refractivity contribution in [3.05, 3.63) is 59.2 Å². The number of hydrogen-bond acceptors (Lipinski definition) is 3. The SMILES string of the molecule is CCOc1ccc(C(Cc2ccc(O)cc2)C(=O)O)c(C)c1. The maximum absolute atomic E-state index is 11.7. The Morgan fingerprint density at radius 3 is 2.41 bits per heavy atom.